The smallest absolute Gasteiger partial charge is 0.0845 e. The van der Waals surface area contributed by atoms with Crippen molar-refractivity contribution >= 4 is 0 Å². The minimum absolute atomic E-state index is 1.27. The van der Waals surface area contributed by atoms with E-state index in [1.54, 1.807) is 4.75 Å². The first-order valence-electron chi connectivity index (χ1n) is 3.65. The SMILES string of the molecule is C1=CCCCCC=C1.O=[O+][O-]. The van der Waals surface area contributed by atoms with Crippen LogP contribution in [-0.4, -0.2) is 0 Å². The molecular formula is C8H12O3. The third-order valence-corrected chi connectivity index (χ3v) is 1.37. The summed E-state index contributed by atoms with van der Waals surface area (Å²) >= 11 is 0. The van der Waals surface area contributed by atoms with Crippen LogP contribution in [0, 0.1) is 9.71 Å². The molecule has 0 aromatic heterocycles. The van der Waals surface area contributed by atoms with E-state index in [0.717, 1.165) is 0 Å². The molecule has 0 aromatic rings. The lowest BCUT2D eigenvalue weighted by atomic mass is 10.1. The number of allylic oxidation sites excluding steroid dienone is 4. The zero-order valence-corrected chi connectivity index (χ0v) is 6.36. The fraction of sp³-hybridized carbons (Fsp3) is 0.500. The Kier molecular flexibility index (Phi) is 7.98. The predicted molar refractivity (Wildman–Crippen MR) is 43.5 cm³/mol. The van der Waals surface area contributed by atoms with Gasteiger partial charge in [-0.3, -0.25) is 0 Å². The lowest BCUT2D eigenvalue weighted by molar-refractivity contribution is -0.284. The molecule has 0 amide bonds. The van der Waals surface area contributed by atoms with Gasteiger partial charge in [0, 0.05) is 0 Å². The van der Waals surface area contributed by atoms with E-state index >= 15 is 0 Å². The minimum atomic E-state index is 1.27. The van der Waals surface area contributed by atoms with Gasteiger partial charge in [-0.15, -0.1) is 0 Å². The Morgan fingerprint density at radius 1 is 1.09 bits per heavy atom. The van der Waals surface area contributed by atoms with Crippen LogP contribution in [0.15, 0.2) is 24.3 Å². The molecule has 0 unspecified atom stereocenters. The molecule has 1 rings (SSSR count). The van der Waals surface area contributed by atoms with Crippen molar-refractivity contribution in [2.45, 2.75) is 25.7 Å². The van der Waals surface area contributed by atoms with Crippen LogP contribution in [0.3, 0.4) is 0 Å². The van der Waals surface area contributed by atoms with E-state index < -0.39 is 0 Å². The highest BCUT2D eigenvalue weighted by Crippen LogP contribution is 2.04. The summed E-state index contributed by atoms with van der Waals surface area (Å²) in [6, 6.07) is 0. The Balaban J connectivity index is 0.000000292. The molecule has 0 radical (unpaired) electrons. The van der Waals surface area contributed by atoms with Crippen LogP contribution in [-0.2, 0) is 0 Å². The zero-order valence-electron chi connectivity index (χ0n) is 6.36. The van der Waals surface area contributed by atoms with Crippen molar-refractivity contribution in [2.24, 2.45) is 0 Å². The van der Waals surface area contributed by atoms with Crippen molar-refractivity contribution in [1.82, 2.24) is 0 Å². The van der Waals surface area contributed by atoms with Crippen molar-refractivity contribution in [3.63, 3.8) is 0 Å². The summed E-state index contributed by atoms with van der Waals surface area (Å²) in [5, 5.41) is 7.88. The summed E-state index contributed by atoms with van der Waals surface area (Å²) in [4.78, 5) is 7.88. The molecule has 0 heterocycles. The molecular weight excluding hydrogens is 144 g/mol. The van der Waals surface area contributed by atoms with Crippen LogP contribution in [0.1, 0.15) is 25.7 Å². The molecule has 0 fully saturated rings. The van der Waals surface area contributed by atoms with Crippen LogP contribution in [0.5, 0.6) is 0 Å². The zero-order chi connectivity index (χ0) is 8.36. The Morgan fingerprint density at radius 3 is 1.82 bits per heavy atom. The standard InChI is InChI=1S/C8H12.O3/c1-2-4-6-8-7-5-3-1;1-3-2/h1-4H,5-8H2;. The van der Waals surface area contributed by atoms with Gasteiger partial charge in [0.05, 0.1) is 0 Å². The highest BCUT2D eigenvalue weighted by molar-refractivity contribution is 5.03. The summed E-state index contributed by atoms with van der Waals surface area (Å²) in [7, 11) is 0. The second-order valence-corrected chi connectivity index (χ2v) is 2.21. The van der Waals surface area contributed by atoms with Crippen LogP contribution in [0.25, 0.3) is 0 Å². The average Bonchev–Trinajstić information content (AvgIpc) is 1.86. The molecule has 3 heteroatoms. The summed E-state index contributed by atoms with van der Waals surface area (Å²) in [6.07, 6.45) is 14.0. The van der Waals surface area contributed by atoms with Gasteiger partial charge in [-0.05, 0) is 25.7 Å². The molecule has 11 heavy (non-hydrogen) atoms. The first-order chi connectivity index (χ1) is 5.41. The summed E-state index contributed by atoms with van der Waals surface area (Å²) < 4.78 is 1.75. The maximum absolute atomic E-state index is 7.88. The van der Waals surface area contributed by atoms with Crippen LogP contribution < -0.4 is 5.26 Å². The van der Waals surface area contributed by atoms with E-state index in [9.17, 15) is 0 Å². The number of hydrogen-bond acceptors (Lipinski definition) is 2. The third-order valence-electron chi connectivity index (χ3n) is 1.37. The molecule has 3 nitrogen and oxygen atoms in total. The predicted octanol–water partition coefficient (Wildman–Crippen LogP) is 1.55. The average molecular weight is 156 g/mol. The molecule has 1 aliphatic carbocycles. The summed E-state index contributed by atoms with van der Waals surface area (Å²) in [6.45, 7) is 0. The maximum atomic E-state index is 7.88. The van der Waals surface area contributed by atoms with E-state index in [1.165, 1.54) is 25.7 Å². The highest BCUT2D eigenvalue weighted by atomic mass is 17.2. The maximum Gasteiger partial charge on any atom is 0.154 e. The van der Waals surface area contributed by atoms with Gasteiger partial charge in [-0.1, -0.05) is 34.5 Å². The molecule has 62 valence electrons. The second kappa shape index (κ2) is 8.88. The molecule has 0 N–H and O–H groups in total. The normalized spacial score (nSPS) is 15.6. The Labute approximate surface area is 65.9 Å². The van der Waals surface area contributed by atoms with Crippen molar-refractivity contribution < 1.29 is 5.26 Å². The van der Waals surface area contributed by atoms with Crippen LogP contribution in [0.4, 0.5) is 0 Å². The van der Waals surface area contributed by atoms with Crippen molar-refractivity contribution in [3.05, 3.63) is 34.0 Å². The molecule has 0 aliphatic heterocycles. The second-order valence-electron chi connectivity index (χ2n) is 2.21. The lowest BCUT2D eigenvalue weighted by Crippen LogP contribution is -1.82. The largest absolute Gasteiger partial charge is 0.154 e. The molecule has 0 aromatic carbocycles. The van der Waals surface area contributed by atoms with Gasteiger partial charge in [0.15, 0.2) is 4.75 Å². The first kappa shape index (κ1) is 9.88. The van der Waals surface area contributed by atoms with Crippen LogP contribution in [0.2, 0.25) is 0 Å². The van der Waals surface area contributed by atoms with Gasteiger partial charge in [-0.2, -0.15) is 0 Å². The molecule has 0 saturated heterocycles. The molecule has 0 atom stereocenters. The van der Waals surface area contributed by atoms with E-state index in [0.29, 0.717) is 0 Å². The van der Waals surface area contributed by atoms with Crippen molar-refractivity contribution in [3.8, 4) is 0 Å². The van der Waals surface area contributed by atoms with Gasteiger partial charge in [0.2, 0.25) is 0 Å². The molecule has 0 bridgehead atoms. The summed E-state index contributed by atoms with van der Waals surface area (Å²) in [5.41, 5.74) is 0. The Bertz CT molecular complexity index is 124. The van der Waals surface area contributed by atoms with E-state index in [-0.39, 0.29) is 0 Å². The monoisotopic (exact) mass is 156 g/mol. The Hall–Kier alpha value is -1.12. The molecule has 0 spiro atoms. The van der Waals surface area contributed by atoms with Gasteiger partial charge in [0.25, 0.3) is 0 Å². The first-order valence-corrected chi connectivity index (χ1v) is 3.65. The van der Waals surface area contributed by atoms with E-state index in [1.807, 2.05) is 0 Å². The lowest BCUT2D eigenvalue weighted by Gasteiger charge is -1.94. The highest BCUT2D eigenvalue weighted by Gasteiger charge is 1.84. The summed E-state index contributed by atoms with van der Waals surface area (Å²) in [5.74, 6) is 0. The van der Waals surface area contributed by atoms with E-state index in [2.05, 4.69) is 24.3 Å². The third kappa shape index (κ3) is 8.88. The molecule has 1 aliphatic rings. The topological polar surface area (TPSA) is 51.4 Å². The van der Waals surface area contributed by atoms with Gasteiger partial charge in [0.1, 0.15) is 0 Å². The number of hydrogen-bond donors (Lipinski definition) is 0. The minimum Gasteiger partial charge on any atom is -0.0845 e. The van der Waals surface area contributed by atoms with E-state index in [4.69, 9.17) is 10.2 Å². The number of rotatable bonds is 0. The van der Waals surface area contributed by atoms with Crippen molar-refractivity contribution in [2.75, 3.05) is 0 Å². The van der Waals surface area contributed by atoms with Crippen LogP contribution >= 0.6 is 0 Å². The van der Waals surface area contributed by atoms with Crippen molar-refractivity contribution in [1.29, 1.82) is 0 Å². The molecule has 0 saturated carbocycles. The van der Waals surface area contributed by atoms with Gasteiger partial charge >= 0.3 is 0 Å². The fourth-order valence-electron chi connectivity index (χ4n) is 0.874. The van der Waals surface area contributed by atoms with Gasteiger partial charge < -0.3 is 0 Å². The van der Waals surface area contributed by atoms with Gasteiger partial charge in [-0.25, -0.2) is 0 Å². The quantitative estimate of drug-likeness (QED) is 0.303. The fourth-order valence-corrected chi connectivity index (χ4v) is 0.874. The Morgan fingerprint density at radius 2 is 1.45 bits per heavy atom.